The van der Waals surface area contributed by atoms with E-state index in [1.165, 1.54) is 11.3 Å². The normalized spacial score (nSPS) is 10.5. The minimum atomic E-state index is 0.787. The van der Waals surface area contributed by atoms with Crippen LogP contribution < -0.4 is 10.2 Å². The minimum Gasteiger partial charge on any atom is -0.380 e. The number of ether oxygens (including phenoxy) is 1. The minimum absolute atomic E-state index is 0.787. The van der Waals surface area contributed by atoms with Crippen LogP contribution in [-0.4, -0.2) is 33.4 Å². The molecule has 0 spiro atoms. The predicted molar refractivity (Wildman–Crippen MR) is 73.6 cm³/mol. The number of rotatable bonds is 8. The smallest absolute Gasteiger partial charge is 0.0641 e. The molecule has 1 aromatic rings. The highest BCUT2D eigenvalue weighted by atomic mass is 16.5. The van der Waals surface area contributed by atoms with Gasteiger partial charge in [-0.3, -0.25) is 0 Å². The quantitative estimate of drug-likeness (QED) is 0.701. The van der Waals surface area contributed by atoms with Crippen LogP contribution in [0.1, 0.15) is 19.4 Å². The topological polar surface area (TPSA) is 24.5 Å². The number of nitrogens with one attached hydrogen (secondary N) is 1. The zero-order valence-corrected chi connectivity index (χ0v) is 11.2. The molecule has 0 fully saturated rings. The molecule has 0 amide bonds. The maximum absolute atomic E-state index is 5.43. The fourth-order valence-electron chi connectivity index (χ4n) is 1.93. The Morgan fingerprint density at radius 2 is 2.00 bits per heavy atom. The van der Waals surface area contributed by atoms with Crippen molar-refractivity contribution in [3.8, 4) is 0 Å². The Bertz CT molecular complexity index is 315. The molecule has 0 aliphatic heterocycles. The highest BCUT2D eigenvalue weighted by Gasteiger charge is 2.08. The number of anilines is 1. The summed E-state index contributed by atoms with van der Waals surface area (Å²) in [7, 11) is 1.98. The van der Waals surface area contributed by atoms with E-state index < -0.39 is 0 Å². The van der Waals surface area contributed by atoms with E-state index in [4.69, 9.17) is 4.74 Å². The molecule has 1 rings (SSSR count). The Morgan fingerprint density at radius 3 is 2.65 bits per heavy atom. The van der Waals surface area contributed by atoms with E-state index in [0.717, 1.165) is 32.8 Å². The average molecular weight is 236 g/mol. The average Bonchev–Trinajstić information content (AvgIpc) is 2.36. The summed E-state index contributed by atoms with van der Waals surface area (Å²) >= 11 is 0. The molecule has 0 bridgehead atoms. The van der Waals surface area contributed by atoms with Crippen LogP contribution in [0.25, 0.3) is 0 Å². The fourth-order valence-corrected chi connectivity index (χ4v) is 1.93. The van der Waals surface area contributed by atoms with Crippen LogP contribution in [0.2, 0.25) is 0 Å². The number of nitrogens with zero attached hydrogens (tertiary/aromatic N) is 1. The van der Waals surface area contributed by atoms with Crippen LogP contribution in [-0.2, 0) is 11.3 Å². The zero-order valence-electron chi connectivity index (χ0n) is 11.2. The van der Waals surface area contributed by atoms with E-state index in [1.54, 1.807) is 0 Å². The Labute approximate surface area is 105 Å². The van der Waals surface area contributed by atoms with Gasteiger partial charge in [-0.1, -0.05) is 18.2 Å². The second-order valence-electron chi connectivity index (χ2n) is 3.94. The van der Waals surface area contributed by atoms with E-state index in [1.807, 2.05) is 14.0 Å². The third-order valence-electron chi connectivity index (χ3n) is 2.79. The first-order valence-corrected chi connectivity index (χ1v) is 6.38. The van der Waals surface area contributed by atoms with Gasteiger partial charge in [-0.25, -0.2) is 0 Å². The summed E-state index contributed by atoms with van der Waals surface area (Å²) in [6.07, 6.45) is 0. The van der Waals surface area contributed by atoms with E-state index in [-0.39, 0.29) is 0 Å². The first-order valence-electron chi connectivity index (χ1n) is 6.38. The molecule has 0 atom stereocenters. The van der Waals surface area contributed by atoms with E-state index in [9.17, 15) is 0 Å². The Hall–Kier alpha value is -1.06. The van der Waals surface area contributed by atoms with Gasteiger partial charge in [-0.2, -0.15) is 0 Å². The number of para-hydroxylation sites is 1. The fraction of sp³-hybridized carbons (Fsp3) is 0.571. The van der Waals surface area contributed by atoms with Crippen molar-refractivity contribution < 1.29 is 4.74 Å². The molecule has 0 heterocycles. The second-order valence-corrected chi connectivity index (χ2v) is 3.94. The standard InChI is InChI=1S/C14H24N2O/c1-4-16(10-11-17-5-2)14-9-7-6-8-13(14)12-15-3/h6-9,15H,4-5,10-12H2,1-3H3. The van der Waals surface area contributed by atoms with Gasteiger partial charge in [0.1, 0.15) is 0 Å². The van der Waals surface area contributed by atoms with Crippen LogP contribution >= 0.6 is 0 Å². The van der Waals surface area contributed by atoms with Crippen molar-refractivity contribution in [1.29, 1.82) is 0 Å². The van der Waals surface area contributed by atoms with Crippen molar-refractivity contribution >= 4 is 5.69 Å². The van der Waals surface area contributed by atoms with Crippen molar-refractivity contribution in [2.75, 3.05) is 38.3 Å². The number of likely N-dealkylation sites (N-methyl/N-ethyl adjacent to an activating group) is 1. The molecule has 0 saturated heterocycles. The molecule has 17 heavy (non-hydrogen) atoms. The maximum Gasteiger partial charge on any atom is 0.0641 e. The van der Waals surface area contributed by atoms with Gasteiger partial charge >= 0.3 is 0 Å². The summed E-state index contributed by atoms with van der Waals surface area (Å²) in [4.78, 5) is 2.36. The molecular formula is C14H24N2O. The number of benzene rings is 1. The molecule has 1 aromatic carbocycles. The Morgan fingerprint density at radius 1 is 1.24 bits per heavy atom. The van der Waals surface area contributed by atoms with Crippen LogP contribution in [0.4, 0.5) is 5.69 Å². The first kappa shape index (κ1) is 14.0. The summed E-state index contributed by atoms with van der Waals surface area (Å²) in [5.41, 5.74) is 2.65. The molecule has 3 heteroatoms. The van der Waals surface area contributed by atoms with Gasteiger partial charge in [0.25, 0.3) is 0 Å². The van der Waals surface area contributed by atoms with Crippen molar-refractivity contribution in [3.05, 3.63) is 29.8 Å². The lowest BCUT2D eigenvalue weighted by atomic mass is 10.1. The van der Waals surface area contributed by atoms with E-state index in [2.05, 4.69) is 41.4 Å². The second kappa shape index (κ2) is 8.09. The van der Waals surface area contributed by atoms with Crippen molar-refractivity contribution in [2.24, 2.45) is 0 Å². The third-order valence-corrected chi connectivity index (χ3v) is 2.79. The lowest BCUT2D eigenvalue weighted by Gasteiger charge is -2.25. The van der Waals surface area contributed by atoms with E-state index in [0.29, 0.717) is 0 Å². The third kappa shape index (κ3) is 4.36. The molecule has 0 aliphatic rings. The molecule has 0 aromatic heterocycles. The van der Waals surface area contributed by atoms with Gasteiger partial charge in [0, 0.05) is 31.9 Å². The zero-order chi connectivity index (χ0) is 12.5. The summed E-state index contributed by atoms with van der Waals surface area (Å²) in [5, 5.41) is 3.21. The molecule has 0 radical (unpaired) electrons. The SMILES string of the molecule is CCOCCN(CC)c1ccccc1CNC. The van der Waals surface area contributed by atoms with Gasteiger partial charge in [0.05, 0.1) is 6.61 Å². The van der Waals surface area contributed by atoms with Gasteiger partial charge in [0.15, 0.2) is 0 Å². The van der Waals surface area contributed by atoms with Crippen LogP contribution in [0.15, 0.2) is 24.3 Å². The van der Waals surface area contributed by atoms with E-state index >= 15 is 0 Å². The summed E-state index contributed by atoms with van der Waals surface area (Å²) < 4.78 is 5.43. The lowest BCUT2D eigenvalue weighted by molar-refractivity contribution is 0.154. The number of hydrogen-bond acceptors (Lipinski definition) is 3. The predicted octanol–water partition coefficient (Wildman–Crippen LogP) is 2.27. The van der Waals surface area contributed by atoms with Crippen LogP contribution in [0.5, 0.6) is 0 Å². The van der Waals surface area contributed by atoms with Crippen molar-refractivity contribution in [3.63, 3.8) is 0 Å². The molecule has 96 valence electrons. The van der Waals surface area contributed by atoms with Gasteiger partial charge in [-0.15, -0.1) is 0 Å². The maximum atomic E-state index is 5.43. The van der Waals surface area contributed by atoms with Gasteiger partial charge in [-0.05, 0) is 32.5 Å². The molecule has 3 nitrogen and oxygen atoms in total. The van der Waals surface area contributed by atoms with Gasteiger partial charge in [0.2, 0.25) is 0 Å². The van der Waals surface area contributed by atoms with Crippen LogP contribution in [0.3, 0.4) is 0 Å². The molecule has 0 unspecified atom stereocenters. The molecule has 0 aliphatic carbocycles. The molecular weight excluding hydrogens is 212 g/mol. The Balaban J connectivity index is 2.72. The monoisotopic (exact) mass is 236 g/mol. The highest BCUT2D eigenvalue weighted by molar-refractivity contribution is 5.53. The summed E-state index contributed by atoms with van der Waals surface area (Å²) in [6.45, 7) is 8.65. The summed E-state index contributed by atoms with van der Waals surface area (Å²) in [5.74, 6) is 0. The van der Waals surface area contributed by atoms with Gasteiger partial charge < -0.3 is 15.0 Å². The van der Waals surface area contributed by atoms with Crippen molar-refractivity contribution in [2.45, 2.75) is 20.4 Å². The molecule has 1 N–H and O–H groups in total. The lowest BCUT2D eigenvalue weighted by Crippen LogP contribution is -2.28. The number of hydrogen-bond donors (Lipinski definition) is 1. The molecule has 0 saturated carbocycles. The first-order chi connectivity index (χ1) is 8.33. The largest absolute Gasteiger partial charge is 0.380 e. The Kier molecular flexibility index (Phi) is 6.67. The highest BCUT2D eigenvalue weighted by Crippen LogP contribution is 2.19. The van der Waals surface area contributed by atoms with Crippen LogP contribution in [0, 0.1) is 0 Å². The summed E-state index contributed by atoms with van der Waals surface area (Å²) in [6, 6.07) is 8.54. The van der Waals surface area contributed by atoms with Crippen molar-refractivity contribution in [1.82, 2.24) is 5.32 Å².